The van der Waals surface area contributed by atoms with Crippen LogP contribution in [0.25, 0.3) is 0 Å². The van der Waals surface area contributed by atoms with E-state index in [0.717, 1.165) is 0 Å². The molecule has 1 aromatic carbocycles. The standard InChI is InChI=1S/C14H13NOS2/c16-13-10-18-14(12-6-7-17-9-12)15(13)8-11-4-2-1-3-5-11/h1-7,9,14H,8,10H2. The van der Waals surface area contributed by atoms with E-state index in [4.69, 9.17) is 0 Å². The predicted molar refractivity (Wildman–Crippen MR) is 76.5 cm³/mol. The molecule has 0 N–H and O–H groups in total. The number of hydrogen-bond donors (Lipinski definition) is 0. The summed E-state index contributed by atoms with van der Waals surface area (Å²) in [6, 6.07) is 12.3. The summed E-state index contributed by atoms with van der Waals surface area (Å²) in [5.41, 5.74) is 2.43. The minimum atomic E-state index is 0.184. The number of hydrogen-bond acceptors (Lipinski definition) is 3. The first-order valence-corrected chi connectivity index (χ1v) is 7.81. The molecule has 92 valence electrons. The van der Waals surface area contributed by atoms with E-state index >= 15 is 0 Å². The van der Waals surface area contributed by atoms with Crippen LogP contribution in [0.1, 0.15) is 16.5 Å². The number of carbonyl (C=O) groups is 1. The van der Waals surface area contributed by atoms with Gasteiger partial charge in [-0.2, -0.15) is 11.3 Å². The average molecular weight is 275 g/mol. The smallest absolute Gasteiger partial charge is 0.234 e. The number of thioether (sulfide) groups is 1. The Balaban J connectivity index is 1.82. The second kappa shape index (κ2) is 5.16. The van der Waals surface area contributed by atoms with Gasteiger partial charge in [0.15, 0.2) is 0 Å². The highest BCUT2D eigenvalue weighted by Crippen LogP contribution is 2.40. The molecule has 18 heavy (non-hydrogen) atoms. The summed E-state index contributed by atoms with van der Waals surface area (Å²) in [5, 5.41) is 4.39. The summed E-state index contributed by atoms with van der Waals surface area (Å²) in [7, 11) is 0. The van der Waals surface area contributed by atoms with Gasteiger partial charge in [0.1, 0.15) is 5.37 Å². The predicted octanol–water partition coefficient (Wildman–Crippen LogP) is 3.52. The molecule has 2 nitrogen and oxygen atoms in total. The van der Waals surface area contributed by atoms with Gasteiger partial charge in [0.25, 0.3) is 0 Å². The summed E-state index contributed by atoms with van der Waals surface area (Å²) in [6.07, 6.45) is 0. The summed E-state index contributed by atoms with van der Waals surface area (Å²) in [4.78, 5) is 14.0. The van der Waals surface area contributed by atoms with Gasteiger partial charge in [-0.1, -0.05) is 30.3 Å². The van der Waals surface area contributed by atoms with Gasteiger partial charge in [-0.05, 0) is 28.0 Å². The molecule has 4 heteroatoms. The lowest BCUT2D eigenvalue weighted by Gasteiger charge is -2.23. The fraction of sp³-hybridized carbons (Fsp3) is 0.214. The highest BCUT2D eigenvalue weighted by Gasteiger charge is 2.32. The molecule has 1 unspecified atom stereocenters. The topological polar surface area (TPSA) is 20.3 Å². The van der Waals surface area contributed by atoms with Crippen molar-refractivity contribution in [3.63, 3.8) is 0 Å². The fourth-order valence-corrected chi connectivity index (χ4v) is 4.04. The third-order valence-corrected chi connectivity index (χ3v) is 4.95. The Morgan fingerprint density at radius 1 is 1.22 bits per heavy atom. The van der Waals surface area contributed by atoms with E-state index in [-0.39, 0.29) is 11.3 Å². The monoisotopic (exact) mass is 275 g/mol. The number of nitrogens with zero attached hydrogens (tertiary/aromatic N) is 1. The molecule has 3 rings (SSSR count). The number of rotatable bonds is 3. The van der Waals surface area contributed by atoms with Crippen LogP contribution in [0, 0.1) is 0 Å². The highest BCUT2D eigenvalue weighted by molar-refractivity contribution is 8.00. The minimum Gasteiger partial charge on any atom is -0.321 e. The van der Waals surface area contributed by atoms with Gasteiger partial charge in [0.2, 0.25) is 5.91 Å². The molecule has 0 radical (unpaired) electrons. The van der Waals surface area contributed by atoms with Crippen LogP contribution in [0.3, 0.4) is 0 Å². The van der Waals surface area contributed by atoms with Gasteiger partial charge in [-0.3, -0.25) is 4.79 Å². The number of amides is 1. The zero-order valence-corrected chi connectivity index (χ0v) is 11.4. The average Bonchev–Trinajstić information content (AvgIpc) is 3.02. The van der Waals surface area contributed by atoms with Crippen molar-refractivity contribution in [1.82, 2.24) is 4.90 Å². The number of thiophene rings is 1. The van der Waals surface area contributed by atoms with E-state index < -0.39 is 0 Å². The SMILES string of the molecule is O=C1CSC(c2ccsc2)N1Cc1ccccc1. The van der Waals surface area contributed by atoms with E-state index in [2.05, 4.69) is 29.0 Å². The van der Waals surface area contributed by atoms with Crippen LogP contribution in [0.5, 0.6) is 0 Å². The van der Waals surface area contributed by atoms with E-state index in [1.807, 2.05) is 23.1 Å². The third kappa shape index (κ3) is 2.31. The summed E-state index contributed by atoms with van der Waals surface area (Å²) in [5.74, 6) is 0.827. The zero-order chi connectivity index (χ0) is 12.4. The van der Waals surface area contributed by atoms with Gasteiger partial charge < -0.3 is 4.90 Å². The van der Waals surface area contributed by atoms with Gasteiger partial charge >= 0.3 is 0 Å². The summed E-state index contributed by atoms with van der Waals surface area (Å²) in [6.45, 7) is 0.702. The molecule has 0 saturated carbocycles. The van der Waals surface area contributed by atoms with E-state index in [1.54, 1.807) is 23.1 Å². The molecule has 2 heterocycles. The molecule has 0 bridgehead atoms. The normalized spacial score (nSPS) is 19.4. The van der Waals surface area contributed by atoms with Crippen molar-refractivity contribution in [2.24, 2.45) is 0 Å². The van der Waals surface area contributed by atoms with Crippen molar-refractivity contribution in [3.8, 4) is 0 Å². The summed E-state index contributed by atoms with van der Waals surface area (Å²) >= 11 is 3.40. The van der Waals surface area contributed by atoms with Crippen molar-refractivity contribution in [3.05, 3.63) is 58.3 Å². The van der Waals surface area contributed by atoms with Gasteiger partial charge in [0, 0.05) is 6.54 Å². The first-order chi connectivity index (χ1) is 8.84. The molecule has 1 aliphatic heterocycles. The van der Waals surface area contributed by atoms with Crippen molar-refractivity contribution in [2.45, 2.75) is 11.9 Å². The van der Waals surface area contributed by atoms with Crippen molar-refractivity contribution < 1.29 is 4.79 Å². The summed E-state index contributed by atoms with van der Waals surface area (Å²) < 4.78 is 0. The Morgan fingerprint density at radius 2 is 2.06 bits per heavy atom. The van der Waals surface area contributed by atoms with Crippen LogP contribution in [-0.4, -0.2) is 16.6 Å². The van der Waals surface area contributed by atoms with Crippen molar-refractivity contribution >= 4 is 29.0 Å². The van der Waals surface area contributed by atoms with Gasteiger partial charge in [0.05, 0.1) is 5.75 Å². The molecule has 1 fully saturated rings. The van der Waals surface area contributed by atoms with Gasteiger partial charge in [-0.25, -0.2) is 0 Å². The molecular formula is C14H13NOS2. The molecular weight excluding hydrogens is 262 g/mol. The minimum absolute atomic E-state index is 0.184. The van der Waals surface area contributed by atoms with Crippen LogP contribution < -0.4 is 0 Å². The van der Waals surface area contributed by atoms with E-state index in [9.17, 15) is 4.79 Å². The molecule has 0 spiro atoms. The Hall–Kier alpha value is -1.26. The molecule has 2 aromatic rings. The second-order valence-corrected chi connectivity index (χ2v) is 6.08. The Kier molecular flexibility index (Phi) is 3.39. The van der Waals surface area contributed by atoms with E-state index in [0.29, 0.717) is 12.3 Å². The maximum Gasteiger partial charge on any atom is 0.234 e. The lowest BCUT2D eigenvalue weighted by Crippen LogP contribution is -2.27. The Bertz CT molecular complexity index is 524. The first kappa shape index (κ1) is 11.8. The Labute approximate surface area is 115 Å². The molecule has 1 saturated heterocycles. The van der Waals surface area contributed by atoms with Crippen LogP contribution in [-0.2, 0) is 11.3 Å². The lowest BCUT2D eigenvalue weighted by molar-refractivity contribution is -0.128. The van der Waals surface area contributed by atoms with E-state index in [1.165, 1.54) is 11.1 Å². The maximum absolute atomic E-state index is 12.0. The zero-order valence-electron chi connectivity index (χ0n) is 9.78. The van der Waals surface area contributed by atoms with Crippen molar-refractivity contribution in [1.29, 1.82) is 0 Å². The molecule has 1 aliphatic rings. The molecule has 1 amide bonds. The van der Waals surface area contributed by atoms with Crippen LogP contribution >= 0.6 is 23.1 Å². The molecule has 1 aromatic heterocycles. The third-order valence-electron chi connectivity index (χ3n) is 2.99. The van der Waals surface area contributed by atoms with Crippen LogP contribution in [0.15, 0.2) is 47.2 Å². The molecule has 0 aliphatic carbocycles. The largest absolute Gasteiger partial charge is 0.321 e. The van der Waals surface area contributed by atoms with Gasteiger partial charge in [-0.15, -0.1) is 11.8 Å². The Morgan fingerprint density at radius 3 is 2.78 bits per heavy atom. The van der Waals surface area contributed by atoms with Crippen LogP contribution in [0.4, 0.5) is 0 Å². The number of carbonyl (C=O) groups excluding carboxylic acids is 1. The lowest BCUT2D eigenvalue weighted by atomic mass is 10.2. The molecule has 1 atom stereocenters. The van der Waals surface area contributed by atoms with Crippen molar-refractivity contribution in [2.75, 3.05) is 5.75 Å². The quantitative estimate of drug-likeness (QED) is 0.854. The first-order valence-electron chi connectivity index (χ1n) is 5.82. The fourth-order valence-electron chi connectivity index (χ4n) is 2.10. The van der Waals surface area contributed by atoms with Crippen LogP contribution in [0.2, 0.25) is 0 Å². The highest BCUT2D eigenvalue weighted by atomic mass is 32.2. The number of benzene rings is 1. The second-order valence-electron chi connectivity index (χ2n) is 4.23. The maximum atomic E-state index is 12.0.